The van der Waals surface area contributed by atoms with Crippen molar-refractivity contribution in [3.63, 3.8) is 0 Å². The Bertz CT molecular complexity index is 2320. The van der Waals surface area contributed by atoms with Gasteiger partial charge in [-0.05, 0) is 90.8 Å². The number of likely N-dealkylation sites (tertiary alicyclic amines) is 1. The van der Waals surface area contributed by atoms with Gasteiger partial charge in [-0.3, -0.25) is 19.3 Å². The van der Waals surface area contributed by atoms with E-state index in [1.165, 1.54) is 0 Å². The molecule has 0 bridgehead atoms. The maximum atomic E-state index is 14.0. The first kappa shape index (κ1) is 25.7. The van der Waals surface area contributed by atoms with Crippen LogP contribution in [0.2, 0.25) is 0 Å². The van der Waals surface area contributed by atoms with E-state index < -0.39 is 6.03 Å². The van der Waals surface area contributed by atoms with E-state index in [4.69, 9.17) is 5.73 Å². The topological polar surface area (TPSA) is 151 Å². The Kier molecular flexibility index (Phi) is 4.67. The Hall–Kier alpha value is -5.58. The number of primary amides is 1. The number of nitrogens with one attached hydrogen (secondary N) is 3. The average molecular weight is 612 g/mol. The Labute approximate surface area is 262 Å². The van der Waals surface area contributed by atoms with E-state index in [-0.39, 0.29) is 23.0 Å². The standard InChI is InChI=1S/C35H29N7O4/c1-16-14-37-31-28(43)12-29-35(30(16)31)13-17(35)15-42(29)33(45)25-11-20-18-6-8-40(26(18)4-2-22(20)39-25)32(44)24-10-21-19-7-9-41(34(36)46)27(19)5-3-23(21)38-24/h2-5,10-12,14,17,37-39H,6-9,13,15H2,1H3,(H2,36,46)/t17-,35+/m0/s1. The fraction of sp³-hybridized carbons (Fsp3) is 0.257. The van der Waals surface area contributed by atoms with Gasteiger partial charge in [0, 0.05) is 76.2 Å². The molecular formula is C35H29N7O4. The summed E-state index contributed by atoms with van der Waals surface area (Å²) in [5.41, 5.74) is 15.2. The lowest BCUT2D eigenvalue weighted by Gasteiger charge is -2.28. The summed E-state index contributed by atoms with van der Waals surface area (Å²) in [6, 6.07) is 10.9. The van der Waals surface area contributed by atoms with Gasteiger partial charge in [-0.15, -0.1) is 0 Å². The van der Waals surface area contributed by atoms with E-state index in [9.17, 15) is 19.2 Å². The number of carbonyl (C=O) groups excluding carboxylic acids is 4. The van der Waals surface area contributed by atoms with E-state index in [0.717, 1.165) is 67.6 Å². The Balaban J connectivity index is 0.962. The minimum absolute atomic E-state index is 0.0831. The SMILES string of the molecule is Cc1c[nH]c2c1[C@]13C[C@H]1CN(C(=O)c1cc4c5c(ccc4[nH]1)N(C(=O)c1cc4c6c(ccc4[nH]1)N(C(N)=O)CC6)CC5)C3=CC2=O. The number of ketones is 1. The summed E-state index contributed by atoms with van der Waals surface area (Å²) < 4.78 is 0. The van der Waals surface area contributed by atoms with Gasteiger partial charge in [0.15, 0.2) is 0 Å². The molecule has 0 radical (unpaired) electrons. The molecule has 1 saturated carbocycles. The first-order valence-electron chi connectivity index (χ1n) is 15.7. The van der Waals surface area contributed by atoms with Gasteiger partial charge in [-0.1, -0.05) is 0 Å². The molecule has 2 aliphatic carbocycles. The summed E-state index contributed by atoms with van der Waals surface area (Å²) in [7, 11) is 0. The van der Waals surface area contributed by atoms with E-state index in [0.29, 0.717) is 55.5 Å². The number of aromatic amines is 3. The van der Waals surface area contributed by atoms with Gasteiger partial charge >= 0.3 is 6.03 Å². The molecule has 11 nitrogen and oxygen atoms in total. The number of hydrogen-bond donors (Lipinski definition) is 4. The van der Waals surface area contributed by atoms with Crippen LogP contribution in [0.4, 0.5) is 16.2 Å². The number of rotatable bonds is 2. The molecule has 5 aromatic rings. The molecule has 5 N–H and O–H groups in total. The summed E-state index contributed by atoms with van der Waals surface area (Å²) in [6.07, 6.45) is 5.84. The molecule has 2 aromatic carbocycles. The van der Waals surface area contributed by atoms with Crippen molar-refractivity contribution in [1.29, 1.82) is 0 Å². The van der Waals surface area contributed by atoms with Gasteiger partial charge in [0.2, 0.25) is 5.78 Å². The van der Waals surface area contributed by atoms with Crippen LogP contribution in [0.3, 0.4) is 0 Å². The molecule has 3 aliphatic heterocycles. The second kappa shape index (κ2) is 8.36. The van der Waals surface area contributed by atoms with Crippen molar-refractivity contribution >= 4 is 56.8 Å². The summed E-state index contributed by atoms with van der Waals surface area (Å²) in [6.45, 7) is 3.66. The smallest absolute Gasteiger partial charge is 0.319 e. The number of anilines is 2. The summed E-state index contributed by atoms with van der Waals surface area (Å²) in [5.74, 6) is -0.0430. The van der Waals surface area contributed by atoms with Crippen LogP contribution in [0.1, 0.15) is 60.1 Å². The van der Waals surface area contributed by atoms with Crippen molar-refractivity contribution < 1.29 is 19.2 Å². The maximum absolute atomic E-state index is 14.0. The highest BCUT2D eigenvalue weighted by Gasteiger charge is 2.68. The number of piperidine rings is 1. The van der Waals surface area contributed by atoms with Crippen LogP contribution in [0.15, 0.2) is 54.4 Å². The molecule has 11 heteroatoms. The van der Waals surface area contributed by atoms with Crippen molar-refractivity contribution in [2.45, 2.75) is 31.6 Å². The quantitative estimate of drug-likeness (QED) is 0.234. The summed E-state index contributed by atoms with van der Waals surface area (Å²) >= 11 is 0. The highest BCUT2D eigenvalue weighted by atomic mass is 16.2. The van der Waals surface area contributed by atoms with Crippen LogP contribution in [0, 0.1) is 12.8 Å². The molecule has 5 aliphatic rings. The lowest BCUT2D eigenvalue weighted by molar-refractivity contribution is 0.0806. The van der Waals surface area contributed by atoms with Crippen molar-refractivity contribution in [2.24, 2.45) is 11.7 Å². The number of benzene rings is 2. The van der Waals surface area contributed by atoms with Crippen molar-refractivity contribution in [3.05, 3.63) is 93.7 Å². The molecule has 1 spiro atoms. The second-order valence-electron chi connectivity index (χ2n) is 13.3. The fourth-order valence-corrected chi connectivity index (χ4v) is 8.93. The number of aromatic nitrogens is 3. The van der Waals surface area contributed by atoms with Gasteiger partial charge in [0.1, 0.15) is 11.4 Å². The number of fused-ring (bicyclic) bond motifs is 7. The fourth-order valence-electron chi connectivity index (χ4n) is 8.93. The molecule has 228 valence electrons. The van der Waals surface area contributed by atoms with Crippen molar-refractivity contribution in [3.8, 4) is 0 Å². The highest BCUT2D eigenvalue weighted by Crippen LogP contribution is 2.67. The minimum atomic E-state index is -0.480. The molecule has 0 unspecified atom stereocenters. The third-order valence-corrected chi connectivity index (χ3v) is 11.0. The normalized spacial score (nSPS) is 22.2. The first-order chi connectivity index (χ1) is 22.2. The number of carbonyl (C=O) groups is 4. The van der Waals surface area contributed by atoms with E-state index in [2.05, 4.69) is 15.0 Å². The lowest BCUT2D eigenvalue weighted by atomic mass is 9.83. The second-order valence-corrected chi connectivity index (χ2v) is 13.3. The van der Waals surface area contributed by atoms with Crippen LogP contribution >= 0.6 is 0 Å². The zero-order valence-electron chi connectivity index (χ0n) is 25.0. The van der Waals surface area contributed by atoms with Gasteiger partial charge in [0.25, 0.3) is 11.8 Å². The average Bonchev–Trinajstić information content (AvgIpc) is 3.75. The minimum Gasteiger partial charge on any atom is -0.358 e. The van der Waals surface area contributed by atoms with Gasteiger partial charge in [-0.25, -0.2) is 4.79 Å². The number of urea groups is 1. The molecule has 10 rings (SSSR count). The molecule has 2 atom stereocenters. The van der Waals surface area contributed by atoms with Gasteiger partial charge in [-0.2, -0.15) is 0 Å². The van der Waals surface area contributed by atoms with Crippen LogP contribution in [-0.2, 0) is 18.3 Å². The summed E-state index contributed by atoms with van der Waals surface area (Å²) in [4.78, 5) is 67.6. The van der Waals surface area contributed by atoms with Gasteiger partial charge < -0.3 is 30.5 Å². The number of nitrogens with two attached hydrogens (primary N) is 1. The third kappa shape index (κ3) is 3.07. The van der Waals surface area contributed by atoms with E-state index in [1.807, 2.05) is 49.5 Å². The van der Waals surface area contributed by atoms with Crippen LogP contribution in [0.5, 0.6) is 0 Å². The number of aryl methyl sites for hydroxylation is 1. The number of hydrogen-bond acceptors (Lipinski definition) is 4. The summed E-state index contributed by atoms with van der Waals surface area (Å²) in [5, 5.41) is 1.85. The molecule has 6 heterocycles. The Morgan fingerprint density at radius 3 is 2.13 bits per heavy atom. The number of H-pyrrole nitrogens is 3. The Morgan fingerprint density at radius 1 is 0.870 bits per heavy atom. The lowest BCUT2D eigenvalue weighted by Crippen LogP contribution is -2.34. The first-order valence-corrected chi connectivity index (χ1v) is 15.7. The monoisotopic (exact) mass is 611 g/mol. The van der Waals surface area contributed by atoms with E-state index >= 15 is 0 Å². The van der Waals surface area contributed by atoms with Crippen LogP contribution in [0.25, 0.3) is 21.8 Å². The molecule has 1 saturated heterocycles. The maximum Gasteiger partial charge on any atom is 0.319 e. The highest BCUT2D eigenvalue weighted by molar-refractivity contribution is 6.12. The third-order valence-electron chi connectivity index (χ3n) is 11.0. The predicted molar refractivity (Wildman–Crippen MR) is 171 cm³/mol. The molecule has 4 amide bonds. The zero-order valence-corrected chi connectivity index (χ0v) is 25.0. The van der Waals surface area contributed by atoms with Crippen LogP contribution in [-0.4, -0.2) is 63.1 Å². The van der Waals surface area contributed by atoms with Crippen molar-refractivity contribution in [2.75, 3.05) is 29.4 Å². The molecular weight excluding hydrogens is 582 g/mol. The van der Waals surface area contributed by atoms with E-state index in [1.54, 1.807) is 20.8 Å². The largest absolute Gasteiger partial charge is 0.358 e. The predicted octanol–water partition coefficient (Wildman–Crippen LogP) is 4.42. The molecule has 46 heavy (non-hydrogen) atoms. The van der Waals surface area contributed by atoms with Crippen molar-refractivity contribution in [1.82, 2.24) is 19.9 Å². The molecule has 2 fully saturated rings. The number of amides is 4. The number of allylic oxidation sites excluding steroid dienone is 2. The zero-order chi connectivity index (χ0) is 31.2. The van der Waals surface area contributed by atoms with Gasteiger partial charge in [0.05, 0.1) is 5.69 Å². The molecule has 3 aromatic heterocycles. The number of nitrogens with zero attached hydrogens (tertiary/aromatic N) is 3. The Morgan fingerprint density at radius 2 is 1.48 bits per heavy atom. The van der Waals surface area contributed by atoms with Crippen LogP contribution < -0.4 is 15.5 Å².